The van der Waals surface area contributed by atoms with Crippen LogP contribution in [-0.4, -0.2) is 52.4 Å². The Morgan fingerprint density at radius 2 is 2.00 bits per heavy atom. The van der Waals surface area contributed by atoms with E-state index in [1.807, 2.05) is 47.0 Å². The molecule has 0 saturated carbocycles. The Kier molecular flexibility index (Phi) is 5.82. The molecular weight excluding hydrogens is 366 g/mol. The van der Waals surface area contributed by atoms with Crippen molar-refractivity contribution in [2.24, 2.45) is 7.05 Å². The van der Waals surface area contributed by atoms with Gasteiger partial charge in [0, 0.05) is 63.3 Å². The second-order valence-corrected chi connectivity index (χ2v) is 6.81. The van der Waals surface area contributed by atoms with Gasteiger partial charge in [-0.25, -0.2) is 4.98 Å². The van der Waals surface area contributed by atoms with Crippen molar-refractivity contribution in [3.63, 3.8) is 0 Å². The van der Waals surface area contributed by atoms with Gasteiger partial charge in [0.15, 0.2) is 0 Å². The van der Waals surface area contributed by atoms with Gasteiger partial charge in [0.1, 0.15) is 11.9 Å². The second-order valence-electron chi connectivity index (χ2n) is 6.81. The second kappa shape index (κ2) is 8.10. The molecule has 27 heavy (non-hydrogen) atoms. The first kappa shape index (κ1) is 19.4. The number of nitrogens with one attached hydrogen (secondary N) is 1. The molecule has 7 nitrogen and oxygen atoms in total. The third-order valence-electron chi connectivity index (χ3n) is 5.16. The average Bonchev–Trinajstić information content (AvgIpc) is 3.29. The summed E-state index contributed by atoms with van der Waals surface area (Å²) in [5, 5.41) is 3.35. The number of carbonyl (C=O) groups excluding carboxylic acids is 2. The largest absolute Gasteiger partial charge is 0.336 e. The van der Waals surface area contributed by atoms with E-state index in [4.69, 9.17) is 0 Å². The number of aryl methyl sites for hydroxylation is 1. The molecule has 8 heteroatoms. The molecule has 3 heterocycles. The molecule has 4 rings (SSSR count). The standard InChI is InChI=1S/C19H23N5O2.ClH/c1-22-11-9-21-18(22)16-13-20-8-12-24(16)19(26)14-4-6-15(7-5-14)23-10-2-3-17(23)25;/h4-7,9,11,16,20H,2-3,8,10,12-13H2,1H3;1H. The van der Waals surface area contributed by atoms with Crippen molar-refractivity contribution in [3.8, 4) is 0 Å². The van der Waals surface area contributed by atoms with Gasteiger partial charge in [-0.1, -0.05) is 0 Å². The van der Waals surface area contributed by atoms with Crippen molar-refractivity contribution in [1.29, 1.82) is 0 Å². The summed E-state index contributed by atoms with van der Waals surface area (Å²) in [5.74, 6) is 1.03. The van der Waals surface area contributed by atoms with E-state index in [-0.39, 0.29) is 30.3 Å². The predicted molar refractivity (Wildman–Crippen MR) is 105 cm³/mol. The maximum Gasteiger partial charge on any atom is 0.254 e. The van der Waals surface area contributed by atoms with Crippen LogP contribution in [0.3, 0.4) is 0 Å². The fraction of sp³-hybridized carbons (Fsp3) is 0.421. The number of anilines is 1. The summed E-state index contributed by atoms with van der Waals surface area (Å²) >= 11 is 0. The predicted octanol–water partition coefficient (Wildman–Crippen LogP) is 1.76. The van der Waals surface area contributed by atoms with Crippen molar-refractivity contribution >= 4 is 29.9 Å². The Bertz CT molecular complexity index is 820. The number of halogens is 1. The first-order valence-corrected chi connectivity index (χ1v) is 9.04. The molecule has 1 unspecified atom stereocenters. The highest BCUT2D eigenvalue weighted by Crippen LogP contribution is 2.25. The molecule has 1 aromatic carbocycles. The number of carbonyl (C=O) groups is 2. The van der Waals surface area contributed by atoms with Crippen molar-refractivity contribution < 1.29 is 9.59 Å². The van der Waals surface area contributed by atoms with Gasteiger partial charge in [-0.15, -0.1) is 12.4 Å². The van der Waals surface area contributed by atoms with E-state index >= 15 is 0 Å². The number of rotatable bonds is 3. The van der Waals surface area contributed by atoms with Crippen LogP contribution in [0.2, 0.25) is 0 Å². The molecule has 2 fully saturated rings. The van der Waals surface area contributed by atoms with E-state index in [0.717, 1.165) is 31.0 Å². The van der Waals surface area contributed by atoms with Crippen molar-refractivity contribution in [1.82, 2.24) is 19.8 Å². The van der Waals surface area contributed by atoms with Gasteiger partial charge < -0.3 is 19.7 Å². The molecule has 2 aliphatic heterocycles. The summed E-state index contributed by atoms with van der Waals surface area (Å²) < 4.78 is 1.96. The minimum absolute atomic E-state index is 0. The van der Waals surface area contributed by atoms with Gasteiger partial charge >= 0.3 is 0 Å². The third kappa shape index (κ3) is 3.70. The minimum Gasteiger partial charge on any atom is -0.336 e. The Morgan fingerprint density at radius 3 is 2.63 bits per heavy atom. The maximum atomic E-state index is 13.1. The molecule has 2 saturated heterocycles. The Balaban J connectivity index is 0.00000210. The molecule has 1 atom stereocenters. The highest BCUT2D eigenvalue weighted by molar-refractivity contribution is 5.97. The highest BCUT2D eigenvalue weighted by atomic mass is 35.5. The summed E-state index contributed by atoms with van der Waals surface area (Å²) in [6, 6.07) is 7.29. The van der Waals surface area contributed by atoms with Gasteiger partial charge in [0.05, 0.1) is 0 Å². The van der Waals surface area contributed by atoms with Crippen LogP contribution in [0.4, 0.5) is 5.69 Å². The zero-order valence-corrected chi connectivity index (χ0v) is 16.1. The summed E-state index contributed by atoms with van der Waals surface area (Å²) in [4.78, 5) is 33.1. The number of hydrogen-bond acceptors (Lipinski definition) is 4. The zero-order chi connectivity index (χ0) is 18.1. The summed E-state index contributed by atoms with van der Waals surface area (Å²) in [7, 11) is 1.95. The van der Waals surface area contributed by atoms with Crippen LogP contribution >= 0.6 is 12.4 Å². The van der Waals surface area contributed by atoms with Crippen LogP contribution in [0, 0.1) is 0 Å². The van der Waals surface area contributed by atoms with Crippen molar-refractivity contribution in [2.45, 2.75) is 18.9 Å². The van der Waals surface area contributed by atoms with E-state index in [1.165, 1.54) is 0 Å². The quantitative estimate of drug-likeness (QED) is 0.868. The number of benzene rings is 1. The number of aromatic nitrogens is 2. The Morgan fingerprint density at radius 1 is 1.22 bits per heavy atom. The van der Waals surface area contributed by atoms with Crippen LogP contribution in [0.5, 0.6) is 0 Å². The molecule has 2 aliphatic rings. The van der Waals surface area contributed by atoms with Gasteiger partial charge in [-0.3, -0.25) is 9.59 Å². The van der Waals surface area contributed by atoms with E-state index in [9.17, 15) is 9.59 Å². The maximum absolute atomic E-state index is 13.1. The lowest BCUT2D eigenvalue weighted by atomic mass is 10.1. The number of nitrogens with zero attached hydrogens (tertiary/aromatic N) is 4. The number of amides is 2. The summed E-state index contributed by atoms with van der Waals surface area (Å²) in [6.45, 7) is 2.86. The SMILES string of the molecule is Cl.Cn1ccnc1C1CNCCN1C(=O)c1ccc(N2CCCC2=O)cc1. The van der Waals surface area contributed by atoms with E-state index < -0.39 is 0 Å². The summed E-state index contributed by atoms with van der Waals surface area (Å²) in [6.07, 6.45) is 5.15. The molecule has 2 aromatic rings. The normalized spacial score (nSPS) is 19.9. The molecule has 0 bridgehead atoms. The van der Waals surface area contributed by atoms with Crippen LogP contribution in [0.1, 0.15) is 35.1 Å². The van der Waals surface area contributed by atoms with Gasteiger partial charge in [0.25, 0.3) is 5.91 Å². The topological polar surface area (TPSA) is 70.5 Å². The van der Waals surface area contributed by atoms with Crippen molar-refractivity contribution in [2.75, 3.05) is 31.1 Å². The lowest BCUT2D eigenvalue weighted by molar-refractivity contribution is -0.117. The molecule has 144 valence electrons. The zero-order valence-electron chi connectivity index (χ0n) is 15.3. The first-order valence-electron chi connectivity index (χ1n) is 9.04. The minimum atomic E-state index is -0.0870. The lowest BCUT2D eigenvalue weighted by Crippen LogP contribution is -2.49. The molecule has 2 amide bonds. The van der Waals surface area contributed by atoms with E-state index in [2.05, 4.69) is 10.3 Å². The fourth-order valence-corrected chi connectivity index (χ4v) is 3.75. The summed E-state index contributed by atoms with van der Waals surface area (Å²) in [5.41, 5.74) is 1.51. The highest BCUT2D eigenvalue weighted by Gasteiger charge is 2.31. The lowest BCUT2D eigenvalue weighted by Gasteiger charge is -2.35. The van der Waals surface area contributed by atoms with Gasteiger partial charge in [0.2, 0.25) is 5.91 Å². The number of hydrogen-bond donors (Lipinski definition) is 1. The van der Waals surface area contributed by atoms with Gasteiger partial charge in [-0.05, 0) is 30.7 Å². The molecular formula is C19H24ClN5O2. The first-order chi connectivity index (χ1) is 12.6. The van der Waals surface area contributed by atoms with Crippen LogP contribution < -0.4 is 10.2 Å². The Hall–Kier alpha value is -2.38. The van der Waals surface area contributed by atoms with Crippen LogP contribution in [0.15, 0.2) is 36.7 Å². The molecule has 0 radical (unpaired) electrons. The molecule has 0 spiro atoms. The van der Waals surface area contributed by atoms with Crippen molar-refractivity contribution in [3.05, 3.63) is 48.0 Å². The van der Waals surface area contributed by atoms with E-state index in [0.29, 0.717) is 25.1 Å². The molecule has 1 aromatic heterocycles. The Labute approximate surface area is 164 Å². The molecule has 1 N–H and O–H groups in total. The smallest absolute Gasteiger partial charge is 0.254 e. The monoisotopic (exact) mass is 389 g/mol. The fourth-order valence-electron chi connectivity index (χ4n) is 3.75. The number of piperazine rings is 1. The molecule has 0 aliphatic carbocycles. The third-order valence-corrected chi connectivity index (χ3v) is 5.16. The van der Waals surface area contributed by atoms with E-state index in [1.54, 1.807) is 11.1 Å². The number of imidazole rings is 1. The van der Waals surface area contributed by atoms with Crippen LogP contribution in [-0.2, 0) is 11.8 Å². The van der Waals surface area contributed by atoms with Gasteiger partial charge in [-0.2, -0.15) is 0 Å². The average molecular weight is 390 g/mol. The van der Waals surface area contributed by atoms with Crippen LogP contribution in [0.25, 0.3) is 0 Å².